The van der Waals surface area contributed by atoms with Gasteiger partial charge in [-0.15, -0.1) is 11.3 Å². The maximum absolute atomic E-state index is 11.3. The Labute approximate surface area is 82.0 Å². The highest BCUT2D eigenvalue weighted by Gasteiger charge is 2.23. The summed E-state index contributed by atoms with van der Waals surface area (Å²) in [5.41, 5.74) is 2.99. The lowest BCUT2D eigenvalue weighted by Gasteiger charge is -2.19. The van der Waals surface area contributed by atoms with Gasteiger partial charge in [-0.2, -0.15) is 0 Å². The maximum Gasteiger partial charge on any atom is 0.133 e. The van der Waals surface area contributed by atoms with E-state index >= 15 is 0 Å². The number of ketones is 1. The zero-order chi connectivity index (χ0) is 9.26. The Morgan fingerprint density at radius 2 is 2.46 bits per heavy atom. The van der Waals surface area contributed by atoms with Gasteiger partial charge in [0.25, 0.3) is 0 Å². The molecule has 0 aromatic carbocycles. The summed E-state index contributed by atoms with van der Waals surface area (Å²) in [4.78, 5) is 16.8. The van der Waals surface area contributed by atoms with E-state index in [0.717, 1.165) is 31.4 Å². The summed E-state index contributed by atoms with van der Waals surface area (Å²) in [6.07, 6.45) is 3.74. The average molecular weight is 195 g/mol. The highest BCUT2D eigenvalue weighted by atomic mass is 32.1. The third-order valence-electron chi connectivity index (χ3n) is 2.64. The predicted molar refractivity (Wildman–Crippen MR) is 53.1 cm³/mol. The minimum Gasteiger partial charge on any atom is -0.300 e. The first-order chi connectivity index (χ1) is 6.27. The Hall–Kier alpha value is -0.700. The highest BCUT2D eigenvalue weighted by molar-refractivity contribution is 7.09. The second-order valence-corrected chi connectivity index (χ2v) is 4.52. The van der Waals surface area contributed by atoms with Crippen molar-refractivity contribution >= 4 is 17.1 Å². The number of Topliss-reactive ketones (excluding diaryl/α,β-unsaturated/α-hetero) is 1. The van der Waals surface area contributed by atoms with Crippen LogP contribution in [0.25, 0.3) is 0 Å². The molecule has 0 radical (unpaired) electrons. The van der Waals surface area contributed by atoms with Crippen molar-refractivity contribution in [2.24, 2.45) is 0 Å². The third-order valence-corrected chi connectivity index (χ3v) is 3.73. The van der Waals surface area contributed by atoms with E-state index < -0.39 is 0 Å². The molecule has 0 aliphatic heterocycles. The molecular formula is C10H13NOS. The van der Waals surface area contributed by atoms with E-state index in [1.807, 2.05) is 12.4 Å². The van der Waals surface area contributed by atoms with E-state index in [-0.39, 0.29) is 0 Å². The van der Waals surface area contributed by atoms with Crippen molar-refractivity contribution in [2.75, 3.05) is 0 Å². The number of rotatable bonds is 1. The summed E-state index contributed by atoms with van der Waals surface area (Å²) in [6.45, 7) is 2.03. The third kappa shape index (κ3) is 1.80. The Morgan fingerprint density at radius 3 is 3.08 bits per heavy atom. The van der Waals surface area contributed by atoms with E-state index in [1.54, 1.807) is 11.3 Å². The summed E-state index contributed by atoms with van der Waals surface area (Å²) < 4.78 is 0. The van der Waals surface area contributed by atoms with Crippen molar-refractivity contribution in [3.8, 4) is 0 Å². The molecule has 0 spiro atoms. The van der Waals surface area contributed by atoms with E-state index in [1.165, 1.54) is 4.88 Å². The summed E-state index contributed by atoms with van der Waals surface area (Å²) in [5.74, 6) is 0.887. The molecule has 0 bridgehead atoms. The number of thiazole rings is 1. The smallest absolute Gasteiger partial charge is 0.133 e. The van der Waals surface area contributed by atoms with E-state index in [2.05, 4.69) is 4.98 Å². The molecule has 1 aromatic rings. The molecule has 1 fully saturated rings. The number of aryl methyl sites for hydroxylation is 1. The lowest BCUT2D eigenvalue weighted by molar-refractivity contribution is -0.120. The zero-order valence-corrected chi connectivity index (χ0v) is 8.56. The number of aromatic nitrogens is 1. The summed E-state index contributed by atoms with van der Waals surface area (Å²) >= 11 is 1.69. The zero-order valence-electron chi connectivity index (χ0n) is 7.75. The molecule has 3 heteroatoms. The van der Waals surface area contributed by atoms with Crippen molar-refractivity contribution < 1.29 is 4.79 Å². The number of hydrogen-bond donors (Lipinski definition) is 0. The van der Waals surface area contributed by atoms with E-state index in [9.17, 15) is 4.79 Å². The van der Waals surface area contributed by atoms with Crippen molar-refractivity contribution in [1.29, 1.82) is 0 Å². The summed E-state index contributed by atoms with van der Waals surface area (Å²) in [6, 6.07) is 0. The van der Waals surface area contributed by atoms with Gasteiger partial charge in [-0.25, -0.2) is 4.98 Å². The van der Waals surface area contributed by atoms with Crippen molar-refractivity contribution in [3.63, 3.8) is 0 Å². The fourth-order valence-corrected chi connectivity index (χ4v) is 2.89. The van der Waals surface area contributed by atoms with Crippen molar-refractivity contribution in [1.82, 2.24) is 4.98 Å². The largest absolute Gasteiger partial charge is 0.300 e. The summed E-state index contributed by atoms with van der Waals surface area (Å²) in [7, 11) is 0. The topological polar surface area (TPSA) is 30.0 Å². The molecule has 2 rings (SSSR count). The van der Waals surface area contributed by atoms with Crippen molar-refractivity contribution in [3.05, 3.63) is 16.1 Å². The van der Waals surface area contributed by atoms with Gasteiger partial charge < -0.3 is 0 Å². The second kappa shape index (κ2) is 3.58. The predicted octanol–water partition coefficient (Wildman–Crippen LogP) is 2.68. The van der Waals surface area contributed by atoms with Gasteiger partial charge in [0, 0.05) is 23.6 Å². The van der Waals surface area contributed by atoms with Crippen LogP contribution in [0, 0.1) is 6.92 Å². The molecule has 1 aromatic heterocycles. The Morgan fingerprint density at radius 1 is 1.62 bits per heavy atom. The lowest BCUT2D eigenvalue weighted by Crippen LogP contribution is -2.13. The molecule has 1 saturated carbocycles. The van der Waals surface area contributed by atoms with Gasteiger partial charge in [0.2, 0.25) is 0 Å². The fourth-order valence-electron chi connectivity index (χ4n) is 1.95. The van der Waals surface area contributed by atoms with Crippen LogP contribution in [-0.2, 0) is 4.79 Å². The van der Waals surface area contributed by atoms with Gasteiger partial charge in [0.1, 0.15) is 5.78 Å². The van der Waals surface area contributed by atoms with E-state index in [4.69, 9.17) is 0 Å². The first-order valence-electron chi connectivity index (χ1n) is 4.69. The second-order valence-electron chi connectivity index (χ2n) is 3.63. The first kappa shape index (κ1) is 8.88. The van der Waals surface area contributed by atoms with Gasteiger partial charge in [0.05, 0.1) is 11.2 Å². The van der Waals surface area contributed by atoms with Crippen LogP contribution in [0.1, 0.15) is 42.2 Å². The van der Waals surface area contributed by atoms with Crippen LogP contribution < -0.4 is 0 Å². The molecule has 2 nitrogen and oxygen atoms in total. The van der Waals surface area contributed by atoms with Crippen molar-refractivity contribution in [2.45, 2.75) is 38.5 Å². The monoisotopic (exact) mass is 195 g/mol. The number of carbonyl (C=O) groups is 1. The van der Waals surface area contributed by atoms with Crippen LogP contribution >= 0.6 is 11.3 Å². The van der Waals surface area contributed by atoms with Crippen LogP contribution in [0.4, 0.5) is 0 Å². The molecule has 1 atom stereocenters. The molecule has 0 N–H and O–H groups in total. The first-order valence-corrected chi connectivity index (χ1v) is 5.57. The van der Waals surface area contributed by atoms with Crippen LogP contribution in [0.5, 0.6) is 0 Å². The fraction of sp³-hybridized carbons (Fsp3) is 0.600. The van der Waals surface area contributed by atoms with Gasteiger partial charge in [-0.3, -0.25) is 4.79 Å². The maximum atomic E-state index is 11.3. The Kier molecular flexibility index (Phi) is 2.44. The number of hydrogen-bond acceptors (Lipinski definition) is 3. The molecule has 13 heavy (non-hydrogen) atoms. The van der Waals surface area contributed by atoms with Crippen LogP contribution in [-0.4, -0.2) is 10.8 Å². The van der Waals surface area contributed by atoms with Gasteiger partial charge >= 0.3 is 0 Å². The minimum absolute atomic E-state index is 0.420. The minimum atomic E-state index is 0.420. The van der Waals surface area contributed by atoms with Crippen LogP contribution in [0.3, 0.4) is 0 Å². The molecule has 1 aliphatic carbocycles. The Balaban J connectivity index is 2.17. The lowest BCUT2D eigenvalue weighted by atomic mass is 9.87. The molecular weight excluding hydrogens is 182 g/mol. The highest BCUT2D eigenvalue weighted by Crippen LogP contribution is 2.34. The number of nitrogens with zero attached hydrogens (tertiary/aromatic N) is 1. The quantitative estimate of drug-likeness (QED) is 0.689. The molecule has 1 heterocycles. The number of carbonyl (C=O) groups excluding carboxylic acids is 1. The SMILES string of the molecule is Cc1ncsc1C1CCCC(=O)C1. The van der Waals surface area contributed by atoms with E-state index in [0.29, 0.717) is 11.7 Å². The molecule has 1 aliphatic rings. The molecule has 0 amide bonds. The summed E-state index contributed by atoms with van der Waals surface area (Å²) in [5, 5.41) is 0. The Bertz CT molecular complexity index is 318. The standard InChI is InChI=1S/C10H13NOS/c1-7-10(13-6-11-7)8-3-2-4-9(12)5-8/h6,8H,2-5H2,1H3. The normalized spacial score (nSPS) is 23.5. The van der Waals surface area contributed by atoms with Gasteiger partial charge in [-0.1, -0.05) is 0 Å². The van der Waals surface area contributed by atoms with Crippen LogP contribution in [0.2, 0.25) is 0 Å². The molecule has 1 unspecified atom stereocenters. The van der Waals surface area contributed by atoms with Crippen LogP contribution in [0.15, 0.2) is 5.51 Å². The molecule has 0 saturated heterocycles. The van der Waals surface area contributed by atoms with Gasteiger partial charge in [0.15, 0.2) is 0 Å². The molecule has 70 valence electrons. The van der Waals surface area contributed by atoms with Gasteiger partial charge in [-0.05, 0) is 19.8 Å². The average Bonchev–Trinajstić information content (AvgIpc) is 2.51.